The van der Waals surface area contributed by atoms with Crippen molar-refractivity contribution in [1.82, 2.24) is 0 Å². The van der Waals surface area contributed by atoms with E-state index in [4.69, 9.17) is 4.74 Å². The van der Waals surface area contributed by atoms with Gasteiger partial charge in [-0.1, -0.05) is 58.3 Å². The maximum atomic E-state index is 11.5. The Morgan fingerprint density at radius 3 is 2.44 bits per heavy atom. The molecule has 18 heavy (non-hydrogen) atoms. The van der Waals surface area contributed by atoms with Crippen LogP contribution in [0.2, 0.25) is 0 Å². The van der Waals surface area contributed by atoms with Gasteiger partial charge in [-0.2, -0.15) is 0 Å². The Hall–Kier alpha value is -0.530. The molecule has 0 saturated heterocycles. The lowest BCUT2D eigenvalue weighted by molar-refractivity contribution is -0.148. The summed E-state index contributed by atoms with van der Waals surface area (Å²) < 4.78 is 5.18. The Morgan fingerprint density at radius 2 is 1.83 bits per heavy atom. The molecule has 1 rings (SSSR count). The molecular weight excluding hydrogens is 224 g/mol. The first-order chi connectivity index (χ1) is 8.58. The molecule has 0 amide bonds. The van der Waals surface area contributed by atoms with Crippen molar-refractivity contribution in [3.63, 3.8) is 0 Å². The standard InChI is InChI=1S/C16H30O2/c1-13(2)18-16(17)12-14(3)8-7-11-15-9-5-4-6-10-15/h13-15H,4-12H2,1-3H3/t14-/m1/s1. The molecule has 0 aliphatic heterocycles. The first-order valence-electron chi connectivity index (χ1n) is 7.77. The van der Waals surface area contributed by atoms with Crippen LogP contribution >= 0.6 is 0 Å². The Balaban J connectivity index is 2.05. The van der Waals surface area contributed by atoms with Crippen molar-refractivity contribution < 1.29 is 9.53 Å². The third-order valence-electron chi connectivity index (χ3n) is 3.92. The number of hydrogen-bond acceptors (Lipinski definition) is 2. The summed E-state index contributed by atoms with van der Waals surface area (Å²) in [6.45, 7) is 5.99. The predicted octanol–water partition coefficient (Wildman–Crippen LogP) is 4.71. The van der Waals surface area contributed by atoms with E-state index in [-0.39, 0.29) is 12.1 Å². The van der Waals surface area contributed by atoms with E-state index in [1.165, 1.54) is 51.4 Å². The predicted molar refractivity (Wildman–Crippen MR) is 75.4 cm³/mol. The smallest absolute Gasteiger partial charge is 0.306 e. The molecule has 1 fully saturated rings. The van der Waals surface area contributed by atoms with Crippen LogP contribution in [0.1, 0.15) is 78.6 Å². The summed E-state index contributed by atoms with van der Waals surface area (Å²) in [6.07, 6.45) is 11.6. The van der Waals surface area contributed by atoms with Crippen molar-refractivity contribution in [2.75, 3.05) is 0 Å². The molecule has 0 aromatic heterocycles. The minimum atomic E-state index is -0.0323. The fourth-order valence-corrected chi connectivity index (χ4v) is 2.93. The molecule has 0 unspecified atom stereocenters. The number of carbonyl (C=O) groups is 1. The molecule has 1 saturated carbocycles. The van der Waals surface area contributed by atoms with Gasteiger partial charge in [0.1, 0.15) is 0 Å². The zero-order chi connectivity index (χ0) is 13.4. The lowest BCUT2D eigenvalue weighted by atomic mass is 9.85. The molecule has 0 radical (unpaired) electrons. The zero-order valence-corrected chi connectivity index (χ0v) is 12.4. The molecule has 106 valence electrons. The minimum Gasteiger partial charge on any atom is -0.463 e. The van der Waals surface area contributed by atoms with E-state index in [1.807, 2.05) is 13.8 Å². The van der Waals surface area contributed by atoms with Crippen LogP contribution in [0.25, 0.3) is 0 Å². The third kappa shape index (κ3) is 7.03. The van der Waals surface area contributed by atoms with Gasteiger partial charge in [0, 0.05) is 6.42 Å². The van der Waals surface area contributed by atoms with E-state index in [2.05, 4.69) is 6.92 Å². The molecule has 1 aliphatic carbocycles. The first-order valence-corrected chi connectivity index (χ1v) is 7.77. The van der Waals surface area contributed by atoms with Crippen LogP contribution in [0.4, 0.5) is 0 Å². The van der Waals surface area contributed by atoms with Crippen molar-refractivity contribution in [2.45, 2.75) is 84.7 Å². The fourth-order valence-electron chi connectivity index (χ4n) is 2.93. The van der Waals surface area contributed by atoms with Crippen molar-refractivity contribution in [2.24, 2.45) is 11.8 Å². The maximum absolute atomic E-state index is 11.5. The molecule has 0 spiro atoms. The molecule has 2 nitrogen and oxygen atoms in total. The SMILES string of the molecule is CC(C)OC(=O)C[C@H](C)CCCC1CCCCC1. The van der Waals surface area contributed by atoms with Crippen LogP contribution < -0.4 is 0 Å². The highest BCUT2D eigenvalue weighted by molar-refractivity contribution is 5.69. The molecule has 0 aromatic rings. The van der Waals surface area contributed by atoms with Gasteiger partial charge < -0.3 is 4.74 Å². The molecule has 0 aromatic carbocycles. The summed E-state index contributed by atoms with van der Waals surface area (Å²) >= 11 is 0. The molecule has 0 heterocycles. The lowest BCUT2D eigenvalue weighted by Crippen LogP contribution is -2.14. The highest BCUT2D eigenvalue weighted by Crippen LogP contribution is 2.28. The summed E-state index contributed by atoms with van der Waals surface area (Å²) in [6, 6.07) is 0. The van der Waals surface area contributed by atoms with Crippen LogP contribution in [0.15, 0.2) is 0 Å². The number of hydrogen-bond donors (Lipinski definition) is 0. The van der Waals surface area contributed by atoms with E-state index in [9.17, 15) is 4.79 Å². The molecule has 2 heteroatoms. The van der Waals surface area contributed by atoms with Gasteiger partial charge in [0.15, 0.2) is 0 Å². The Kier molecular flexibility index (Phi) is 7.38. The van der Waals surface area contributed by atoms with Gasteiger partial charge in [-0.3, -0.25) is 4.79 Å². The van der Waals surface area contributed by atoms with Crippen LogP contribution in [-0.4, -0.2) is 12.1 Å². The van der Waals surface area contributed by atoms with Crippen molar-refractivity contribution >= 4 is 5.97 Å². The summed E-state index contributed by atoms with van der Waals surface area (Å²) in [4.78, 5) is 11.5. The van der Waals surface area contributed by atoms with Gasteiger partial charge in [-0.25, -0.2) is 0 Å². The molecule has 1 aliphatic rings. The van der Waals surface area contributed by atoms with Crippen LogP contribution in [-0.2, 0) is 9.53 Å². The zero-order valence-electron chi connectivity index (χ0n) is 12.4. The second kappa shape index (κ2) is 8.55. The Labute approximate surface area is 112 Å². The average Bonchev–Trinajstić information content (AvgIpc) is 2.29. The van der Waals surface area contributed by atoms with Crippen molar-refractivity contribution in [3.05, 3.63) is 0 Å². The Morgan fingerprint density at radius 1 is 1.17 bits per heavy atom. The molecule has 0 N–H and O–H groups in total. The molecular formula is C16H30O2. The van der Waals surface area contributed by atoms with Gasteiger partial charge in [-0.05, 0) is 25.7 Å². The van der Waals surface area contributed by atoms with E-state index in [0.29, 0.717) is 12.3 Å². The average molecular weight is 254 g/mol. The van der Waals surface area contributed by atoms with Gasteiger partial charge in [0.2, 0.25) is 0 Å². The van der Waals surface area contributed by atoms with E-state index >= 15 is 0 Å². The Bertz CT molecular complexity index is 229. The van der Waals surface area contributed by atoms with Crippen LogP contribution in [0, 0.1) is 11.8 Å². The summed E-state index contributed by atoms with van der Waals surface area (Å²) in [5.74, 6) is 1.41. The highest BCUT2D eigenvalue weighted by Gasteiger charge is 2.15. The largest absolute Gasteiger partial charge is 0.463 e. The van der Waals surface area contributed by atoms with E-state index in [0.717, 1.165) is 5.92 Å². The van der Waals surface area contributed by atoms with Crippen molar-refractivity contribution in [3.8, 4) is 0 Å². The number of carbonyl (C=O) groups excluding carboxylic acids is 1. The quantitative estimate of drug-likeness (QED) is 0.615. The molecule has 1 atom stereocenters. The van der Waals surface area contributed by atoms with Gasteiger partial charge >= 0.3 is 5.97 Å². The second-order valence-electron chi connectivity index (χ2n) is 6.28. The topological polar surface area (TPSA) is 26.3 Å². The first kappa shape index (κ1) is 15.5. The van der Waals surface area contributed by atoms with Crippen LogP contribution in [0.5, 0.6) is 0 Å². The third-order valence-corrected chi connectivity index (χ3v) is 3.92. The summed E-state index contributed by atoms with van der Waals surface area (Å²) in [7, 11) is 0. The van der Waals surface area contributed by atoms with Crippen LogP contribution in [0.3, 0.4) is 0 Å². The number of ether oxygens (including phenoxy) is 1. The normalized spacial score (nSPS) is 18.9. The van der Waals surface area contributed by atoms with E-state index in [1.54, 1.807) is 0 Å². The minimum absolute atomic E-state index is 0.0203. The van der Waals surface area contributed by atoms with Gasteiger partial charge in [0.05, 0.1) is 6.10 Å². The second-order valence-corrected chi connectivity index (χ2v) is 6.28. The fraction of sp³-hybridized carbons (Fsp3) is 0.938. The monoisotopic (exact) mass is 254 g/mol. The summed E-state index contributed by atoms with van der Waals surface area (Å²) in [5, 5.41) is 0. The number of esters is 1. The molecule has 0 bridgehead atoms. The van der Waals surface area contributed by atoms with Gasteiger partial charge in [0.25, 0.3) is 0 Å². The lowest BCUT2D eigenvalue weighted by Gasteiger charge is -2.22. The highest BCUT2D eigenvalue weighted by atomic mass is 16.5. The van der Waals surface area contributed by atoms with Crippen molar-refractivity contribution in [1.29, 1.82) is 0 Å². The van der Waals surface area contributed by atoms with E-state index < -0.39 is 0 Å². The maximum Gasteiger partial charge on any atom is 0.306 e. The summed E-state index contributed by atoms with van der Waals surface area (Å²) in [5.41, 5.74) is 0. The van der Waals surface area contributed by atoms with Gasteiger partial charge in [-0.15, -0.1) is 0 Å². The number of rotatable bonds is 7.